The van der Waals surface area contributed by atoms with E-state index in [1.165, 1.54) is 0 Å². The Morgan fingerprint density at radius 3 is 2.52 bits per heavy atom. The Labute approximate surface area is 197 Å². The molecule has 0 radical (unpaired) electrons. The van der Waals surface area contributed by atoms with Gasteiger partial charge in [-0.15, -0.1) is 0 Å². The third kappa shape index (κ3) is 5.48. The fraction of sp³-hybridized carbons (Fsp3) is 0.160. The molecule has 4 rings (SSSR count). The van der Waals surface area contributed by atoms with Crippen molar-refractivity contribution >= 4 is 18.4 Å². The second-order valence-corrected chi connectivity index (χ2v) is 7.44. The van der Waals surface area contributed by atoms with Crippen LogP contribution in [0.5, 0.6) is 17.2 Å². The highest BCUT2D eigenvalue weighted by Gasteiger charge is 2.09. The summed E-state index contributed by atoms with van der Waals surface area (Å²) in [5, 5.41) is 11.7. The van der Waals surface area contributed by atoms with Crippen LogP contribution >= 0.6 is 12.2 Å². The molecule has 0 spiro atoms. The van der Waals surface area contributed by atoms with Crippen LogP contribution < -0.4 is 14.2 Å². The summed E-state index contributed by atoms with van der Waals surface area (Å²) in [7, 11) is 1.61. The molecule has 0 aliphatic rings. The first-order valence-electron chi connectivity index (χ1n) is 10.5. The summed E-state index contributed by atoms with van der Waals surface area (Å²) in [4.78, 5) is 0. The van der Waals surface area contributed by atoms with E-state index < -0.39 is 0 Å². The molecular weight excluding hydrogens is 436 g/mol. The molecule has 0 saturated heterocycles. The van der Waals surface area contributed by atoms with Crippen molar-refractivity contribution < 1.29 is 14.2 Å². The number of aromatic nitrogens is 3. The quantitative estimate of drug-likeness (QED) is 0.265. The van der Waals surface area contributed by atoms with Crippen LogP contribution in [0.3, 0.4) is 0 Å². The van der Waals surface area contributed by atoms with E-state index in [1.54, 1.807) is 18.0 Å². The third-order valence-corrected chi connectivity index (χ3v) is 5.09. The first kappa shape index (κ1) is 22.3. The number of benzene rings is 3. The molecule has 1 aromatic heterocycles. The van der Waals surface area contributed by atoms with Gasteiger partial charge < -0.3 is 14.2 Å². The van der Waals surface area contributed by atoms with Crippen molar-refractivity contribution in [1.29, 1.82) is 0 Å². The van der Waals surface area contributed by atoms with E-state index in [9.17, 15) is 0 Å². The number of hydrogen-bond donors (Lipinski definition) is 1. The average Bonchev–Trinajstić information content (AvgIpc) is 3.23. The van der Waals surface area contributed by atoms with Gasteiger partial charge in [0.25, 0.3) is 0 Å². The smallest absolute Gasteiger partial charge is 0.216 e. The minimum Gasteiger partial charge on any atom is -0.494 e. The molecule has 0 bridgehead atoms. The van der Waals surface area contributed by atoms with Crippen molar-refractivity contribution in [2.24, 2.45) is 5.10 Å². The summed E-state index contributed by atoms with van der Waals surface area (Å²) in [5.74, 6) is 2.69. The van der Waals surface area contributed by atoms with Crippen molar-refractivity contribution in [3.8, 4) is 28.6 Å². The first-order valence-corrected chi connectivity index (χ1v) is 10.9. The molecule has 1 N–H and O–H groups in total. The molecule has 33 heavy (non-hydrogen) atoms. The largest absolute Gasteiger partial charge is 0.494 e. The normalized spacial score (nSPS) is 11.0. The highest BCUT2D eigenvalue weighted by atomic mass is 32.1. The standard InChI is InChI=1S/C25H24N4O3S/c1-3-31-21-12-10-20(11-13-21)24-27-28-25(33)29(24)26-16-19-9-14-22(23(15-19)30-2)32-17-18-7-5-4-6-8-18/h4-16H,3,17H2,1-2H3,(H,28,33)/b26-16-. The Bertz CT molecular complexity index is 1280. The number of hydrogen-bond acceptors (Lipinski definition) is 6. The molecule has 0 fully saturated rings. The van der Waals surface area contributed by atoms with E-state index in [0.717, 1.165) is 22.4 Å². The Hall–Kier alpha value is -3.91. The van der Waals surface area contributed by atoms with Gasteiger partial charge in [0.15, 0.2) is 17.3 Å². The number of ether oxygens (including phenoxy) is 3. The maximum atomic E-state index is 5.93. The number of nitrogens with one attached hydrogen (secondary N) is 1. The number of nitrogens with zero attached hydrogens (tertiary/aromatic N) is 3. The van der Waals surface area contributed by atoms with E-state index in [2.05, 4.69) is 15.3 Å². The second kappa shape index (κ2) is 10.6. The highest BCUT2D eigenvalue weighted by molar-refractivity contribution is 7.71. The summed E-state index contributed by atoms with van der Waals surface area (Å²) in [5.41, 5.74) is 2.78. The van der Waals surface area contributed by atoms with Crippen molar-refractivity contribution in [1.82, 2.24) is 14.9 Å². The molecule has 0 atom stereocenters. The van der Waals surface area contributed by atoms with Gasteiger partial charge in [-0.2, -0.15) is 14.9 Å². The first-order chi connectivity index (χ1) is 16.2. The molecule has 8 heteroatoms. The minimum atomic E-state index is 0.393. The Kier molecular flexibility index (Phi) is 7.16. The molecule has 0 amide bonds. The molecule has 3 aromatic carbocycles. The molecule has 7 nitrogen and oxygen atoms in total. The summed E-state index contributed by atoms with van der Waals surface area (Å²) < 4.78 is 18.9. The monoisotopic (exact) mass is 460 g/mol. The second-order valence-electron chi connectivity index (χ2n) is 7.05. The van der Waals surface area contributed by atoms with E-state index in [0.29, 0.717) is 35.3 Å². The molecule has 0 aliphatic heterocycles. The predicted molar refractivity (Wildman–Crippen MR) is 131 cm³/mol. The average molecular weight is 461 g/mol. The third-order valence-electron chi connectivity index (χ3n) is 4.82. The van der Waals surface area contributed by atoms with Crippen LogP contribution in [0, 0.1) is 4.77 Å². The van der Waals surface area contributed by atoms with Gasteiger partial charge >= 0.3 is 0 Å². The maximum Gasteiger partial charge on any atom is 0.216 e. The Morgan fingerprint density at radius 2 is 1.79 bits per heavy atom. The summed E-state index contributed by atoms with van der Waals surface area (Å²) in [6, 6.07) is 23.2. The summed E-state index contributed by atoms with van der Waals surface area (Å²) in [6.45, 7) is 3.02. The van der Waals surface area contributed by atoms with Crippen molar-refractivity contribution in [2.45, 2.75) is 13.5 Å². The van der Waals surface area contributed by atoms with Gasteiger partial charge in [-0.25, -0.2) is 5.10 Å². The van der Waals surface area contributed by atoms with Crippen LogP contribution in [0.4, 0.5) is 0 Å². The lowest BCUT2D eigenvalue weighted by atomic mass is 10.2. The van der Waals surface area contributed by atoms with Crippen LogP contribution in [-0.4, -0.2) is 34.8 Å². The summed E-state index contributed by atoms with van der Waals surface area (Å²) in [6.07, 6.45) is 1.70. The molecule has 4 aromatic rings. The predicted octanol–water partition coefficient (Wildman–Crippen LogP) is 5.48. The van der Waals surface area contributed by atoms with Gasteiger partial charge in [-0.3, -0.25) is 0 Å². The fourth-order valence-corrected chi connectivity index (χ4v) is 3.38. The van der Waals surface area contributed by atoms with Gasteiger partial charge in [0, 0.05) is 5.56 Å². The lowest BCUT2D eigenvalue weighted by molar-refractivity contribution is 0.284. The molecule has 0 unspecified atom stereocenters. The maximum absolute atomic E-state index is 5.93. The van der Waals surface area contributed by atoms with Crippen LogP contribution in [0.2, 0.25) is 0 Å². The molecule has 0 aliphatic carbocycles. The van der Waals surface area contributed by atoms with Crippen LogP contribution in [-0.2, 0) is 6.61 Å². The zero-order valence-electron chi connectivity index (χ0n) is 18.4. The van der Waals surface area contributed by atoms with Gasteiger partial charge in [-0.1, -0.05) is 30.3 Å². The number of aromatic amines is 1. The molecular formula is C25H24N4O3S. The van der Waals surface area contributed by atoms with Crippen LogP contribution in [0.1, 0.15) is 18.1 Å². The van der Waals surface area contributed by atoms with E-state index in [4.69, 9.17) is 26.4 Å². The fourth-order valence-electron chi connectivity index (χ4n) is 3.20. The molecule has 1 heterocycles. The lowest BCUT2D eigenvalue weighted by Gasteiger charge is -2.11. The minimum absolute atomic E-state index is 0.393. The summed E-state index contributed by atoms with van der Waals surface area (Å²) >= 11 is 5.37. The highest BCUT2D eigenvalue weighted by Crippen LogP contribution is 2.28. The van der Waals surface area contributed by atoms with E-state index in [-0.39, 0.29) is 0 Å². The zero-order chi connectivity index (χ0) is 23.0. The van der Waals surface area contributed by atoms with E-state index >= 15 is 0 Å². The SMILES string of the molecule is CCOc1ccc(-c2n[nH]c(=S)n2/N=C\c2ccc(OCc3ccccc3)c(OC)c2)cc1. The number of H-pyrrole nitrogens is 1. The van der Waals surface area contributed by atoms with Crippen molar-refractivity contribution in [3.05, 3.63) is 88.7 Å². The van der Waals surface area contributed by atoms with Crippen LogP contribution in [0.25, 0.3) is 11.4 Å². The van der Waals surface area contributed by atoms with Gasteiger partial charge in [0.2, 0.25) is 4.77 Å². The van der Waals surface area contributed by atoms with Gasteiger partial charge in [-0.05, 0) is 72.7 Å². The Balaban J connectivity index is 1.53. The molecule has 168 valence electrons. The zero-order valence-corrected chi connectivity index (χ0v) is 19.2. The van der Waals surface area contributed by atoms with Gasteiger partial charge in [0.1, 0.15) is 12.4 Å². The molecule has 0 saturated carbocycles. The number of methoxy groups -OCH3 is 1. The lowest BCUT2D eigenvalue weighted by Crippen LogP contribution is -1.99. The van der Waals surface area contributed by atoms with Crippen molar-refractivity contribution in [2.75, 3.05) is 13.7 Å². The number of rotatable bonds is 9. The Morgan fingerprint density at radius 1 is 1.00 bits per heavy atom. The topological polar surface area (TPSA) is 73.7 Å². The van der Waals surface area contributed by atoms with Crippen molar-refractivity contribution in [3.63, 3.8) is 0 Å². The van der Waals surface area contributed by atoms with E-state index in [1.807, 2.05) is 79.7 Å². The van der Waals surface area contributed by atoms with Crippen LogP contribution in [0.15, 0.2) is 77.9 Å². The van der Waals surface area contributed by atoms with Gasteiger partial charge in [0.05, 0.1) is 19.9 Å².